The van der Waals surface area contributed by atoms with Gasteiger partial charge in [-0.3, -0.25) is 20.1 Å². The van der Waals surface area contributed by atoms with Crippen molar-refractivity contribution in [3.8, 4) is 0 Å². The van der Waals surface area contributed by atoms with Crippen LogP contribution in [0.5, 0.6) is 0 Å². The average Bonchev–Trinajstić information content (AvgIpc) is 2.57. The summed E-state index contributed by atoms with van der Waals surface area (Å²) in [4.78, 5) is 19.8. The van der Waals surface area contributed by atoms with Crippen LogP contribution in [-0.2, 0) is 10.3 Å². The Balaban J connectivity index is 2.40. The Bertz CT molecular complexity index is 415. The van der Waals surface area contributed by atoms with Crippen LogP contribution >= 0.6 is 0 Å². The van der Waals surface area contributed by atoms with Gasteiger partial charge in [0.2, 0.25) is 0 Å². The van der Waals surface area contributed by atoms with E-state index in [1.54, 1.807) is 20.2 Å². The predicted molar refractivity (Wildman–Crippen MR) is 56.2 cm³/mol. The molecular formula is C10H12N4O. The lowest BCUT2D eigenvalue weighted by molar-refractivity contribution is -0.123. The molecule has 2 heterocycles. The van der Waals surface area contributed by atoms with Crippen molar-refractivity contribution in [3.63, 3.8) is 0 Å². The summed E-state index contributed by atoms with van der Waals surface area (Å²) < 4.78 is 0. The van der Waals surface area contributed by atoms with Crippen LogP contribution < -0.4 is 10.6 Å². The van der Waals surface area contributed by atoms with Gasteiger partial charge in [0.15, 0.2) is 11.5 Å². The summed E-state index contributed by atoms with van der Waals surface area (Å²) in [5.41, 5.74) is -0.142. The first-order valence-corrected chi connectivity index (χ1v) is 4.65. The molecule has 1 fully saturated rings. The molecule has 1 aliphatic heterocycles. The Morgan fingerprint density at radius 2 is 2.27 bits per heavy atom. The van der Waals surface area contributed by atoms with Gasteiger partial charge >= 0.3 is 0 Å². The minimum absolute atomic E-state index is 0.137. The van der Waals surface area contributed by atoms with Gasteiger partial charge in [-0.25, -0.2) is 0 Å². The minimum atomic E-state index is -0.823. The van der Waals surface area contributed by atoms with Crippen LogP contribution in [0, 0.1) is 0 Å². The smallest absolute Gasteiger partial charge is 0.258 e. The van der Waals surface area contributed by atoms with Crippen molar-refractivity contribution in [1.82, 2.24) is 15.6 Å². The van der Waals surface area contributed by atoms with E-state index in [2.05, 4.69) is 20.6 Å². The maximum absolute atomic E-state index is 11.8. The second-order valence-corrected chi connectivity index (χ2v) is 3.49. The summed E-state index contributed by atoms with van der Waals surface area (Å²) in [6.07, 6.45) is 1.66. The van der Waals surface area contributed by atoms with Crippen LogP contribution in [0.3, 0.4) is 0 Å². The molecule has 1 unspecified atom stereocenters. The quantitative estimate of drug-likeness (QED) is 0.676. The van der Waals surface area contributed by atoms with Crippen LogP contribution in [-0.4, -0.2) is 23.9 Å². The molecule has 1 saturated heterocycles. The van der Waals surface area contributed by atoms with Crippen LogP contribution in [0.25, 0.3) is 0 Å². The van der Waals surface area contributed by atoms with Gasteiger partial charge in [-0.15, -0.1) is 0 Å². The normalized spacial score (nSPS) is 27.6. The van der Waals surface area contributed by atoms with E-state index in [1.165, 1.54) is 0 Å². The number of amides is 1. The lowest BCUT2D eigenvalue weighted by Gasteiger charge is -2.19. The van der Waals surface area contributed by atoms with Gasteiger partial charge < -0.3 is 5.32 Å². The molecule has 1 aliphatic rings. The number of rotatable bonds is 1. The molecule has 5 heteroatoms. The SMILES string of the molecule is CN=C1NC(=O)C(C)(c2ccccn2)N1. The third-order valence-electron chi connectivity index (χ3n) is 2.46. The van der Waals surface area contributed by atoms with Crippen molar-refractivity contribution in [3.05, 3.63) is 30.1 Å². The van der Waals surface area contributed by atoms with E-state index in [0.717, 1.165) is 0 Å². The highest BCUT2D eigenvalue weighted by Crippen LogP contribution is 2.21. The number of aliphatic imine (C=N–C) groups is 1. The largest absolute Gasteiger partial charge is 0.337 e. The van der Waals surface area contributed by atoms with Crippen molar-refractivity contribution >= 4 is 11.9 Å². The number of carbonyl (C=O) groups is 1. The topological polar surface area (TPSA) is 66.4 Å². The lowest BCUT2D eigenvalue weighted by Crippen LogP contribution is -2.41. The Hall–Kier alpha value is -1.91. The van der Waals surface area contributed by atoms with Crippen molar-refractivity contribution in [2.75, 3.05) is 7.05 Å². The van der Waals surface area contributed by atoms with Crippen molar-refractivity contribution in [2.45, 2.75) is 12.5 Å². The Kier molecular flexibility index (Phi) is 2.15. The monoisotopic (exact) mass is 204 g/mol. The van der Waals surface area contributed by atoms with Crippen LogP contribution in [0.4, 0.5) is 0 Å². The number of aromatic nitrogens is 1. The van der Waals surface area contributed by atoms with Crippen LogP contribution in [0.2, 0.25) is 0 Å². The molecule has 0 spiro atoms. The van der Waals surface area contributed by atoms with Gasteiger partial charge in [0.1, 0.15) is 0 Å². The Morgan fingerprint density at radius 3 is 2.80 bits per heavy atom. The summed E-state index contributed by atoms with van der Waals surface area (Å²) in [6, 6.07) is 5.48. The first kappa shape index (κ1) is 9.64. The molecule has 2 N–H and O–H groups in total. The second-order valence-electron chi connectivity index (χ2n) is 3.49. The predicted octanol–water partition coefficient (Wildman–Crippen LogP) is 0.00200. The van der Waals surface area contributed by atoms with Crippen molar-refractivity contribution < 1.29 is 4.79 Å². The Labute approximate surface area is 87.6 Å². The molecule has 0 radical (unpaired) electrons. The highest BCUT2D eigenvalue weighted by molar-refractivity contribution is 6.08. The molecule has 0 aliphatic carbocycles. The van der Waals surface area contributed by atoms with Crippen LogP contribution in [0.1, 0.15) is 12.6 Å². The molecule has 15 heavy (non-hydrogen) atoms. The van der Waals surface area contributed by atoms with Gasteiger partial charge in [-0.05, 0) is 19.1 Å². The molecule has 0 bridgehead atoms. The maximum atomic E-state index is 11.8. The number of pyridine rings is 1. The first-order valence-electron chi connectivity index (χ1n) is 4.65. The van der Waals surface area contributed by atoms with E-state index in [-0.39, 0.29) is 5.91 Å². The highest BCUT2D eigenvalue weighted by atomic mass is 16.2. The molecule has 1 atom stereocenters. The van der Waals surface area contributed by atoms with Gasteiger partial charge in [-0.1, -0.05) is 6.07 Å². The summed E-state index contributed by atoms with van der Waals surface area (Å²) in [5.74, 6) is 0.343. The second kappa shape index (κ2) is 3.34. The average molecular weight is 204 g/mol. The number of hydrogen-bond acceptors (Lipinski definition) is 3. The lowest BCUT2D eigenvalue weighted by atomic mass is 9.98. The third kappa shape index (κ3) is 1.45. The Morgan fingerprint density at radius 1 is 1.47 bits per heavy atom. The molecule has 2 rings (SSSR count). The standard InChI is InChI=1S/C10H12N4O/c1-10(7-5-3-4-6-12-7)8(15)13-9(11-2)14-10/h3-6H,1-2H3,(H2,11,13,14,15). The molecule has 0 aromatic carbocycles. The fourth-order valence-corrected chi connectivity index (χ4v) is 1.51. The van der Waals surface area contributed by atoms with E-state index in [0.29, 0.717) is 11.7 Å². The first-order chi connectivity index (χ1) is 7.16. The summed E-state index contributed by atoms with van der Waals surface area (Å²) in [5, 5.41) is 5.66. The van der Waals surface area contributed by atoms with Crippen molar-refractivity contribution in [1.29, 1.82) is 0 Å². The van der Waals surface area contributed by atoms with Crippen LogP contribution in [0.15, 0.2) is 29.4 Å². The number of hydrogen-bond donors (Lipinski definition) is 2. The molecule has 1 aromatic rings. The number of nitrogens with one attached hydrogen (secondary N) is 2. The zero-order valence-corrected chi connectivity index (χ0v) is 8.61. The molecule has 0 saturated carbocycles. The van der Waals surface area contributed by atoms with Gasteiger partial charge in [0.05, 0.1) is 5.69 Å². The zero-order chi connectivity index (χ0) is 10.9. The third-order valence-corrected chi connectivity index (χ3v) is 2.46. The number of nitrogens with zero attached hydrogens (tertiary/aromatic N) is 2. The highest BCUT2D eigenvalue weighted by Gasteiger charge is 2.43. The fourth-order valence-electron chi connectivity index (χ4n) is 1.51. The zero-order valence-electron chi connectivity index (χ0n) is 8.61. The minimum Gasteiger partial charge on any atom is -0.337 e. The van der Waals surface area contributed by atoms with Gasteiger partial charge in [-0.2, -0.15) is 0 Å². The number of guanidine groups is 1. The van der Waals surface area contributed by atoms with Gasteiger partial charge in [0.25, 0.3) is 5.91 Å². The summed E-state index contributed by atoms with van der Waals surface area (Å²) in [6.45, 7) is 1.78. The molecule has 1 aromatic heterocycles. The van der Waals surface area contributed by atoms with E-state index in [9.17, 15) is 4.79 Å². The molecule has 5 nitrogen and oxygen atoms in total. The van der Waals surface area contributed by atoms with E-state index >= 15 is 0 Å². The summed E-state index contributed by atoms with van der Waals surface area (Å²) >= 11 is 0. The van der Waals surface area contributed by atoms with Crippen molar-refractivity contribution in [2.24, 2.45) is 4.99 Å². The molecule has 78 valence electrons. The van der Waals surface area contributed by atoms with E-state index in [1.807, 2.05) is 18.2 Å². The summed E-state index contributed by atoms with van der Waals surface area (Å²) in [7, 11) is 1.62. The molecule has 1 amide bonds. The maximum Gasteiger partial charge on any atom is 0.258 e. The van der Waals surface area contributed by atoms with E-state index in [4.69, 9.17) is 0 Å². The van der Waals surface area contributed by atoms with Gasteiger partial charge in [0, 0.05) is 13.2 Å². The fraction of sp³-hybridized carbons (Fsp3) is 0.300. The number of carbonyl (C=O) groups excluding carboxylic acids is 1. The molecular weight excluding hydrogens is 192 g/mol. The van der Waals surface area contributed by atoms with E-state index < -0.39 is 5.54 Å².